The molecule has 1 aromatic carbocycles. The van der Waals surface area contributed by atoms with Crippen LogP contribution in [0.2, 0.25) is 0 Å². The van der Waals surface area contributed by atoms with Gasteiger partial charge in [0.05, 0.1) is 11.9 Å². The first-order valence-electron chi connectivity index (χ1n) is 6.22. The summed E-state index contributed by atoms with van der Waals surface area (Å²) in [4.78, 5) is 18.2. The van der Waals surface area contributed by atoms with E-state index in [2.05, 4.69) is 4.98 Å². The van der Waals surface area contributed by atoms with Crippen molar-refractivity contribution in [3.8, 4) is 0 Å². The molecule has 0 unspecified atom stereocenters. The number of hydrogen-bond donors (Lipinski definition) is 1. The molecule has 0 fully saturated rings. The highest BCUT2D eigenvalue weighted by Crippen LogP contribution is 2.17. The van der Waals surface area contributed by atoms with Crippen molar-refractivity contribution >= 4 is 17.3 Å². The molecule has 0 atom stereocenters. The van der Waals surface area contributed by atoms with Crippen LogP contribution in [0.15, 0.2) is 42.6 Å². The monoisotopic (exact) mass is 255 g/mol. The Balaban J connectivity index is 2.29. The highest BCUT2D eigenvalue weighted by Gasteiger charge is 2.16. The van der Waals surface area contributed by atoms with E-state index in [1.54, 1.807) is 17.0 Å². The summed E-state index contributed by atoms with van der Waals surface area (Å²) in [5.74, 6) is -0.119. The second kappa shape index (κ2) is 5.52. The lowest BCUT2D eigenvalue weighted by Crippen LogP contribution is -2.31. The quantitative estimate of drug-likeness (QED) is 0.917. The van der Waals surface area contributed by atoms with E-state index in [-0.39, 0.29) is 5.91 Å². The maximum absolute atomic E-state index is 12.4. The molecule has 2 N–H and O–H groups in total. The van der Waals surface area contributed by atoms with Gasteiger partial charge in [-0.05, 0) is 38.1 Å². The van der Waals surface area contributed by atoms with Crippen LogP contribution in [-0.2, 0) is 0 Å². The fraction of sp³-hybridized carbons (Fsp3) is 0.200. The Morgan fingerprint density at radius 1 is 1.21 bits per heavy atom. The van der Waals surface area contributed by atoms with Gasteiger partial charge in [0.15, 0.2) is 0 Å². The Hall–Kier alpha value is -2.36. The number of nitrogens with two attached hydrogens (primary N) is 1. The number of aromatic nitrogens is 1. The molecule has 98 valence electrons. The van der Waals surface area contributed by atoms with E-state index >= 15 is 0 Å². The average Bonchev–Trinajstić information content (AvgIpc) is 2.42. The fourth-order valence-corrected chi connectivity index (χ4v) is 1.84. The summed E-state index contributed by atoms with van der Waals surface area (Å²) in [6.45, 7) is 4.55. The molecule has 0 spiro atoms. The number of amides is 1. The Kier molecular flexibility index (Phi) is 3.80. The number of hydrogen-bond acceptors (Lipinski definition) is 3. The first-order valence-corrected chi connectivity index (χ1v) is 6.22. The molecule has 1 aromatic heterocycles. The Bertz CT molecular complexity index is 561. The number of carbonyl (C=O) groups excluding carboxylic acids is 1. The molecule has 4 nitrogen and oxygen atoms in total. The summed E-state index contributed by atoms with van der Waals surface area (Å²) >= 11 is 0. The van der Waals surface area contributed by atoms with E-state index in [9.17, 15) is 4.79 Å². The number of nitrogen functional groups attached to an aromatic ring is 1. The van der Waals surface area contributed by atoms with E-state index in [0.717, 1.165) is 11.3 Å². The molecule has 1 amide bonds. The van der Waals surface area contributed by atoms with E-state index in [1.165, 1.54) is 6.20 Å². The van der Waals surface area contributed by atoms with Gasteiger partial charge in [0.2, 0.25) is 0 Å². The van der Waals surface area contributed by atoms with Crippen LogP contribution in [0.25, 0.3) is 0 Å². The second-order valence-electron chi connectivity index (χ2n) is 4.36. The molecule has 2 rings (SSSR count). The van der Waals surface area contributed by atoms with E-state index < -0.39 is 0 Å². The zero-order valence-corrected chi connectivity index (χ0v) is 11.1. The summed E-state index contributed by atoms with van der Waals surface area (Å²) in [6.07, 6.45) is 1.50. The van der Waals surface area contributed by atoms with Gasteiger partial charge in [0, 0.05) is 12.2 Å². The van der Waals surface area contributed by atoms with Crippen molar-refractivity contribution in [2.75, 3.05) is 17.2 Å². The molecule has 0 aliphatic carbocycles. The first kappa shape index (κ1) is 13.1. The molecular weight excluding hydrogens is 238 g/mol. The molecule has 0 radical (unpaired) electrons. The lowest BCUT2D eigenvalue weighted by molar-refractivity contribution is 0.0983. The summed E-state index contributed by atoms with van der Waals surface area (Å²) in [6, 6.07) is 11.2. The molecule has 4 heteroatoms. The van der Waals surface area contributed by atoms with Crippen LogP contribution in [0.1, 0.15) is 23.0 Å². The van der Waals surface area contributed by atoms with E-state index in [1.807, 2.05) is 38.1 Å². The highest BCUT2D eigenvalue weighted by atomic mass is 16.2. The molecule has 1 heterocycles. The molecule has 0 bridgehead atoms. The predicted octanol–water partition coefficient (Wildman–Crippen LogP) is 2.64. The van der Waals surface area contributed by atoms with E-state index in [4.69, 9.17) is 5.73 Å². The van der Waals surface area contributed by atoms with Crippen LogP contribution in [0.3, 0.4) is 0 Å². The minimum Gasteiger partial charge on any atom is -0.397 e. The number of aryl methyl sites for hydroxylation is 1. The van der Waals surface area contributed by atoms with Crippen molar-refractivity contribution in [3.05, 3.63) is 53.9 Å². The first-order chi connectivity index (χ1) is 9.11. The third-order valence-electron chi connectivity index (χ3n) is 2.91. The third kappa shape index (κ3) is 2.91. The average molecular weight is 255 g/mol. The molecule has 0 aliphatic rings. The van der Waals surface area contributed by atoms with Crippen molar-refractivity contribution in [1.82, 2.24) is 4.98 Å². The van der Waals surface area contributed by atoms with Crippen molar-refractivity contribution in [1.29, 1.82) is 0 Å². The van der Waals surface area contributed by atoms with Crippen LogP contribution in [0, 0.1) is 6.92 Å². The number of pyridine rings is 1. The normalized spacial score (nSPS) is 10.2. The van der Waals surface area contributed by atoms with Crippen molar-refractivity contribution in [2.24, 2.45) is 0 Å². The topological polar surface area (TPSA) is 59.2 Å². The van der Waals surface area contributed by atoms with Crippen LogP contribution in [0.4, 0.5) is 11.4 Å². The maximum Gasteiger partial charge on any atom is 0.276 e. The summed E-state index contributed by atoms with van der Waals surface area (Å²) in [5.41, 5.74) is 8.56. The van der Waals surface area contributed by atoms with Crippen LogP contribution >= 0.6 is 0 Å². The van der Waals surface area contributed by atoms with Gasteiger partial charge in [-0.2, -0.15) is 0 Å². The predicted molar refractivity (Wildman–Crippen MR) is 77.2 cm³/mol. The fourth-order valence-electron chi connectivity index (χ4n) is 1.84. The van der Waals surface area contributed by atoms with E-state index in [0.29, 0.717) is 17.9 Å². The minimum atomic E-state index is -0.119. The minimum absolute atomic E-state index is 0.119. The SMILES string of the molecule is CCN(C(=O)c1ccc(N)cn1)c1ccc(C)cc1. The van der Waals surface area contributed by atoms with Crippen LogP contribution in [0.5, 0.6) is 0 Å². The van der Waals surface area contributed by atoms with Gasteiger partial charge >= 0.3 is 0 Å². The zero-order chi connectivity index (χ0) is 13.8. The Labute approximate surface area is 112 Å². The number of nitrogens with zero attached hydrogens (tertiary/aromatic N) is 2. The van der Waals surface area contributed by atoms with Gasteiger partial charge in [0.25, 0.3) is 5.91 Å². The Morgan fingerprint density at radius 2 is 1.89 bits per heavy atom. The molecule has 0 saturated heterocycles. The summed E-state index contributed by atoms with van der Waals surface area (Å²) in [5, 5.41) is 0. The number of rotatable bonds is 3. The number of anilines is 2. The summed E-state index contributed by atoms with van der Waals surface area (Å²) < 4.78 is 0. The van der Waals surface area contributed by atoms with Crippen LogP contribution in [-0.4, -0.2) is 17.4 Å². The molecule has 0 saturated carbocycles. The number of benzene rings is 1. The maximum atomic E-state index is 12.4. The Morgan fingerprint density at radius 3 is 2.42 bits per heavy atom. The summed E-state index contributed by atoms with van der Waals surface area (Å²) in [7, 11) is 0. The zero-order valence-electron chi connectivity index (χ0n) is 11.1. The highest BCUT2D eigenvalue weighted by molar-refractivity contribution is 6.04. The smallest absolute Gasteiger partial charge is 0.276 e. The van der Waals surface area contributed by atoms with Gasteiger partial charge in [-0.25, -0.2) is 4.98 Å². The van der Waals surface area contributed by atoms with Crippen molar-refractivity contribution in [3.63, 3.8) is 0 Å². The van der Waals surface area contributed by atoms with Crippen LogP contribution < -0.4 is 10.6 Å². The standard InChI is InChI=1S/C15H17N3O/c1-3-18(13-7-4-11(2)5-8-13)15(19)14-9-6-12(16)10-17-14/h4-10H,3,16H2,1-2H3. The molecule has 0 aliphatic heterocycles. The van der Waals surface area contributed by atoms with Gasteiger partial charge in [-0.1, -0.05) is 17.7 Å². The second-order valence-corrected chi connectivity index (χ2v) is 4.36. The number of carbonyl (C=O) groups is 1. The van der Waals surface area contributed by atoms with Crippen molar-refractivity contribution in [2.45, 2.75) is 13.8 Å². The van der Waals surface area contributed by atoms with Gasteiger partial charge in [-0.15, -0.1) is 0 Å². The lowest BCUT2D eigenvalue weighted by Gasteiger charge is -2.20. The molecule has 19 heavy (non-hydrogen) atoms. The van der Waals surface area contributed by atoms with Gasteiger partial charge in [0.1, 0.15) is 5.69 Å². The lowest BCUT2D eigenvalue weighted by atomic mass is 10.2. The molecular formula is C15H17N3O. The van der Waals surface area contributed by atoms with Crippen molar-refractivity contribution < 1.29 is 4.79 Å². The van der Waals surface area contributed by atoms with Gasteiger partial charge in [-0.3, -0.25) is 4.79 Å². The van der Waals surface area contributed by atoms with Gasteiger partial charge < -0.3 is 10.6 Å². The molecule has 2 aromatic rings. The largest absolute Gasteiger partial charge is 0.397 e. The third-order valence-corrected chi connectivity index (χ3v) is 2.91.